The highest BCUT2D eigenvalue weighted by Gasteiger charge is 2.32. The fourth-order valence-corrected chi connectivity index (χ4v) is 3.31. The molecule has 2 aromatic carbocycles. The van der Waals surface area contributed by atoms with Gasteiger partial charge in [-0.05, 0) is 37.1 Å². The standard InChI is InChI=1S/C28H33NO10/c1-4-36-27(33)25(28(34)37-5-2)39-21-13-11-19(12-14-21)17-22(29-23(30)15-16-24(31)35-3)26(32)38-18-20-9-7-6-8-10-20/h6-14,22,25H,4-5,15-18H2,1-3H3,(H,29,30). The second kappa shape index (κ2) is 16.4. The van der Waals surface area contributed by atoms with Gasteiger partial charge in [0.15, 0.2) is 0 Å². The van der Waals surface area contributed by atoms with Crippen molar-refractivity contribution in [2.45, 2.75) is 51.9 Å². The predicted molar refractivity (Wildman–Crippen MR) is 137 cm³/mol. The second-order valence-electron chi connectivity index (χ2n) is 8.14. The Labute approximate surface area is 226 Å². The molecule has 0 aliphatic heterocycles. The van der Waals surface area contributed by atoms with Gasteiger partial charge in [-0.3, -0.25) is 9.59 Å². The number of nitrogens with one attached hydrogen (secondary N) is 1. The number of benzene rings is 2. The van der Waals surface area contributed by atoms with Gasteiger partial charge in [-0.25, -0.2) is 14.4 Å². The molecule has 0 heterocycles. The molecule has 0 fully saturated rings. The lowest BCUT2D eigenvalue weighted by Gasteiger charge is -2.19. The summed E-state index contributed by atoms with van der Waals surface area (Å²) in [6.45, 7) is 3.34. The summed E-state index contributed by atoms with van der Waals surface area (Å²) in [6.07, 6.45) is -1.82. The molecule has 0 saturated heterocycles. The fraction of sp³-hybridized carbons (Fsp3) is 0.393. The SMILES string of the molecule is CCOC(=O)C(Oc1ccc(CC(NC(=O)CCC(=O)OC)C(=O)OCc2ccccc2)cc1)C(=O)OCC. The minimum absolute atomic E-state index is 0.0179. The zero-order chi connectivity index (χ0) is 28.6. The normalized spacial score (nSPS) is 11.2. The smallest absolute Gasteiger partial charge is 0.359 e. The third-order valence-corrected chi connectivity index (χ3v) is 5.25. The van der Waals surface area contributed by atoms with E-state index in [9.17, 15) is 24.0 Å². The molecule has 0 spiro atoms. The van der Waals surface area contributed by atoms with Crippen LogP contribution >= 0.6 is 0 Å². The van der Waals surface area contributed by atoms with Gasteiger partial charge in [0.25, 0.3) is 6.10 Å². The van der Waals surface area contributed by atoms with Crippen LogP contribution < -0.4 is 10.1 Å². The van der Waals surface area contributed by atoms with Crippen LogP contribution in [0.25, 0.3) is 0 Å². The first-order valence-electron chi connectivity index (χ1n) is 12.4. The van der Waals surface area contributed by atoms with Crippen LogP contribution in [-0.2, 0) is 55.9 Å². The summed E-state index contributed by atoms with van der Waals surface area (Å²) in [4.78, 5) is 61.0. The molecule has 2 rings (SSSR count). The molecule has 0 aromatic heterocycles. The van der Waals surface area contributed by atoms with E-state index in [1.165, 1.54) is 19.2 Å². The van der Waals surface area contributed by atoms with Crippen molar-refractivity contribution in [1.82, 2.24) is 5.32 Å². The van der Waals surface area contributed by atoms with Gasteiger partial charge in [0.05, 0.1) is 26.7 Å². The number of amides is 1. The van der Waals surface area contributed by atoms with Crippen LogP contribution in [0.15, 0.2) is 54.6 Å². The summed E-state index contributed by atoms with van der Waals surface area (Å²) in [5, 5.41) is 2.61. The first-order valence-corrected chi connectivity index (χ1v) is 12.4. The van der Waals surface area contributed by atoms with Gasteiger partial charge < -0.3 is 29.0 Å². The molecule has 39 heavy (non-hydrogen) atoms. The Kier molecular flexibility index (Phi) is 13.0. The number of carbonyl (C=O) groups excluding carboxylic acids is 5. The van der Waals surface area contributed by atoms with Crippen LogP contribution in [0.2, 0.25) is 0 Å². The Balaban J connectivity index is 2.12. The number of methoxy groups -OCH3 is 1. The number of carbonyl (C=O) groups is 5. The van der Waals surface area contributed by atoms with Gasteiger partial charge in [0.2, 0.25) is 5.91 Å². The zero-order valence-corrected chi connectivity index (χ0v) is 22.2. The van der Waals surface area contributed by atoms with E-state index >= 15 is 0 Å². The van der Waals surface area contributed by atoms with Crippen molar-refractivity contribution >= 4 is 29.8 Å². The lowest BCUT2D eigenvalue weighted by Crippen LogP contribution is -2.43. The van der Waals surface area contributed by atoms with Crippen molar-refractivity contribution in [1.29, 1.82) is 0 Å². The molecule has 210 valence electrons. The number of rotatable bonds is 15. The molecule has 1 N–H and O–H groups in total. The largest absolute Gasteiger partial charge is 0.469 e. The molecule has 2 aromatic rings. The molecule has 0 radical (unpaired) electrons. The third kappa shape index (κ3) is 10.8. The topological polar surface area (TPSA) is 144 Å². The van der Waals surface area contributed by atoms with E-state index in [1.54, 1.807) is 38.1 Å². The average molecular weight is 544 g/mol. The minimum atomic E-state index is -1.59. The van der Waals surface area contributed by atoms with Crippen LogP contribution in [0, 0.1) is 0 Å². The number of hydrogen-bond donors (Lipinski definition) is 1. The first-order chi connectivity index (χ1) is 18.8. The summed E-state index contributed by atoms with van der Waals surface area (Å²) < 4.78 is 25.3. The second-order valence-corrected chi connectivity index (χ2v) is 8.14. The number of hydrogen-bond acceptors (Lipinski definition) is 10. The highest BCUT2D eigenvalue weighted by Crippen LogP contribution is 2.17. The van der Waals surface area contributed by atoms with E-state index in [2.05, 4.69) is 10.1 Å². The summed E-state index contributed by atoms with van der Waals surface area (Å²) in [5.41, 5.74) is 1.40. The van der Waals surface area contributed by atoms with E-state index in [0.717, 1.165) is 5.56 Å². The molecule has 1 unspecified atom stereocenters. The number of esters is 4. The van der Waals surface area contributed by atoms with Gasteiger partial charge >= 0.3 is 23.9 Å². The molecule has 1 amide bonds. The van der Waals surface area contributed by atoms with Gasteiger partial charge in [-0.15, -0.1) is 0 Å². The predicted octanol–water partition coefficient (Wildman–Crippen LogP) is 2.28. The maximum Gasteiger partial charge on any atom is 0.359 e. The highest BCUT2D eigenvalue weighted by molar-refractivity contribution is 5.98. The Morgan fingerprint density at radius 3 is 1.92 bits per heavy atom. The maximum absolute atomic E-state index is 12.9. The van der Waals surface area contributed by atoms with Crippen LogP contribution in [-0.4, -0.2) is 62.3 Å². The summed E-state index contributed by atoms with van der Waals surface area (Å²) >= 11 is 0. The van der Waals surface area contributed by atoms with Crippen molar-refractivity contribution in [3.63, 3.8) is 0 Å². The van der Waals surface area contributed by atoms with Gasteiger partial charge in [0.1, 0.15) is 18.4 Å². The van der Waals surface area contributed by atoms with Crippen LogP contribution in [0.5, 0.6) is 5.75 Å². The zero-order valence-electron chi connectivity index (χ0n) is 22.2. The maximum atomic E-state index is 12.9. The summed E-state index contributed by atoms with van der Waals surface area (Å²) in [5.74, 6) is -3.29. The van der Waals surface area contributed by atoms with Crippen molar-refractivity contribution in [2.24, 2.45) is 0 Å². The van der Waals surface area contributed by atoms with E-state index in [4.69, 9.17) is 18.9 Å². The van der Waals surface area contributed by atoms with Crippen molar-refractivity contribution in [3.8, 4) is 5.75 Å². The Hall–Kier alpha value is -4.41. The van der Waals surface area contributed by atoms with Crippen LogP contribution in [0.4, 0.5) is 0 Å². The molecule has 0 aliphatic rings. The van der Waals surface area contributed by atoms with Crippen LogP contribution in [0.1, 0.15) is 37.8 Å². The van der Waals surface area contributed by atoms with Crippen molar-refractivity contribution in [2.75, 3.05) is 20.3 Å². The first kappa shape index (κ1) is 30.8. The Morgan fingerprint density at radius 2 is 1.36 bits per heavy atom. The summed E-state index contributed by atoms with van der Waals surface area (Å²) in [7, 11) is 1.22. The molecule has 0 saturated carbocycles. The number of ether oxygens (including phenoxy) is 5. The van der Waals surface area contributed by atoms with Crippen molar-refractivity contribution in [3.05, 3.63) is 65.7 Å². The molecule has 0 bridgehead atoms. The van der Waals surface area contributed by atoms with Crippen LogP contribution in [0.3, 0.4) is 0 Å². The third-order valence-electron chi connectivity index (χ3n) is 5.25. The fourth-order valence-electron chi connectivity index (χ4n) is 3.31. The van der Waals surface area contributed by atoms with E-state index in [-0.39, 0.29) is 44.8 Å². The quantitative estimate of drug-likeness (QED) is 0.202. The van der Waals surface area contributed by atoms with Gasteiger partial charge in [-0.1, -0.05) is 42.5 Å². The van der Waals surface area contributed by atoms with E-state index in [0.29, 0.717) is 5.56 Å². The lowest BCUT2D eigenvalue weighted by molar-refractivity contribution is -0.166. The highest BCUT2D eigenvalue weighted by atomic mass is 16.6. The molecular weight excluding hydrogens is 510 g/mol. The minimum Gasteiger partial charge on any atom is -0.469 e. The molecule has 0 aliphatic carbocycles. The molecule has 11 heteroatoms. The summed E-state index contributed by atoms with van der Waals surface area (Å²) in [6, 6.07) is 14.3. The molecule has 11 nitrogen and oxygen atoms in total. The molecule has 1 atom stereocenters. The average Bonchev–Trinajstić information content (AvgIpc) is 2.94. The lowest BCUT2D eigenvalue weighted by atomic mass is 10.1. The van der Waals surface area contributed by atoms with E-state index in [1.807, 2.05) is 18.2 Å². The van der Waals surface area contributed by atoms with Gasteiger partial charge in [0, 0.05) is 12.8 Å². The monoisotopic (exact) mass is 543 g/mol. The molecular formula is C28H33NO10. The Morgan fingerprint density at radius 1 is 0.744 bits per heavy atom. The van der Waals surface area contributed by atoms with Crippen molar-refractivity contribution < 1.29 is 47.7 Å². The van der Waals surface area contributed by atoms with Gasteiger partial charge in [-0.2, -0.15) is 0 Å². The Bertz CT molecular complexity index is 1080. The van der Waals surface area contributed by atoms with E-state index < -0.39 is 41.9 Å².